The maximum Gasteiger partial charge on any atom is 0.318 e. The molecule has 238 valence electrons. The fourth-order valence-electron chi connectivity index (χ4n) is 4.40. The Morgan fingerprint density at radius 1 is 1.12 bits per heavy atom. The van der Waals surface area contributed by atoms with Crippen LogP contribution in [0.25, 0.3) is 11.0 Å². The van der Waals surface area contributed by atoms with Crippen LogP contribution in [0.5, 0.6) is 0 Å². The van der Waals surface area contributed by atoms with Gasteiger partial charge in [-0.25, -0.2) is 14.2 Å². The van der Waals surface area contributed by atoms with Gasteiger partial charge in [-0.15, -0.1) is 19.7 Å². The summed E-state index contributed by atoms with van der Waals surface area (Å²) >= 11 is 0. The molecule has 0 spiro atoms. The number of imidazole rings is 1. The van der Waals surface area contributed by atoms with Crippen molar-refractivity contribution in [2.75, 3.05) is 20.1 Å². The number of aromatic amines is 1. The number of urea groups is 1. The molecule has 3 amide bonds. The number of carbonyl (C=O) groups is 2. The standard InChI is InChI=1S/C27H33FN6O2.C3H6.C2H6.C2H4.2H2/c1-19(34-14-7-4-8-15-34)16-23(31-27(36)33(2)18-20-10-5-3-6-11-20)26(35)29-17-24-30-22-13-9-12-21(28)25(22)32-24;1-3-2;2*1-2;;/h3,5-6,9-13,23H,1,4,7-8,14-18H2,2H3,(H,29,35)(H,30,32)(H,31,36);3H,1H2,2H3;1-2H3;1-2H2;2*1H/t23-;;;;;/m0...../s1. The van der Waals surface area contributed by atoms with Crippen LogP contribution in [0.2, 0.25) is 0 Å². The highest BCUT2D eigenvalue weighted by Gasteiger charge is 2.26. The first-order valence-electron chi connectivity index (χ1n) is 14.8. The molecule has 2 heterocycles. The first-order chi connectivity index (χ1) is 20.8. The molecular weight excluding hydrogens is 543 g/mol. The van der Waals surface area contributed by atoms with E-state index in [2.05, 4.69) is 51.8 Å². The quantitative estimate of drug-likeness (QED) is 0.224. The second kappa shape index (κ2) is 20.5. The minimum absolute atomic E-state index is 0. The molecular formula is C34H53FN6O2. The number of likely N-dealkylation sites (tertiary alicyclic amines) is 1. The molecule has 3 aromatic rings. The van der Waals surface area contributed by atoms with Gasteiger partial charge in [-0.2, -0.15) is 0 Å². The SMILES string of the molecule is C=C.C=C(C[C@H](NC(=O)N(C)Cc1ccccc1)C(=O)NCc1nc2c(F)cccc2[nH]1)N1CCCCC1.C=CC.CC.[HH].[HH]. The molecule has 1 fully saturated rings. The second-order valence-corrected chi connectivity index (χ2v) is 9.61. The van der Waals surface area contributed by atoms with E-state index >= 15 is 0 Å². The van der Waals surface area contributed by atoms with Gasteiger partial charge >= 0.3 is 6.03 Å². The highest BCUT2D eigenvalue weighted by Crippen LogP contribution is 2.18. The Hall–Kier alpha value is -4.40. The molecule has 0 saturated carbocycles. The summed E-state index contributed by atoms with van der Waals surface area (Å²) in [5, 5.41) is 5.71. The fraction of sp³-hybridized carbons (Fsp3) is 0.382. The Morgan fingerprint density at radius 3 is 2.35 bits per heavy atom. The number of carbonyl (C=O) groups excluding carboxylic acids is 2. The van der Waals surface area contributed by atoms with E-state index in [0.29, 0.717) is 24.3 Å². The third-order valence-electron chi connectivity index (χ3n) is 6.41. The zero-order valence-corrected chi connectivity index (χ0v) is 26.3. The van der Waals surface area contributed by atoms with Crippen LogP contribution in [-0.4, -0.2) is 57.9 Å². The minimum Gasteiger partial charge on any atom is -0.375 e. The van der Waals surface area contributed by atoms with E-state index in [1.807, 2.05) is 51.1 Å². The number of allylic oxidation sites excluding steroid dienone is 1. The van der Waals surface area contributed by atoms with Crippen molar-refractivity contribution < 1.29 is 16.8 Å². The molecule has 8 nitrogen and oxygen atoms in total. The number of rotatable bonds is 9. The lowest BCUT2D eigenvalue weighted by Crippen LogP contribution is -2.51. The van der Waals surface area contributed by atoms with Crippen molar-refractivity contribution >= 4 is 23.0 Å². The van der Waals surface area contributed by atoms with E-state index in [4.69, 9.17) is 0 Å². The normalized spacial score (nSPS) is 12.5. The molecule has 2 aromatic carbocycles. The lowest BCUT2D eigenvalue weighted by Gasteiger charge is -2.32. The largest absolute Gasteiger partial charge is 0.375 e. The Bertz CT molecular complexity index is 1280. The van der Waals surface area contributed by atoms with E-state index in [0.717, 1.165) is 37.2 Å². The molecule has 0 unspecified atom stereocenters. The first kappa shape index (κ1) is 36.6. The van der Waals surface area contributed by atoms with Gasteiger partial charge in [0.05, 0.1) is 12.1 Å². The van der Waals surface area contributed by atoms with Crippen molar-refractivity contribution in [3.05, 3.63) is 104 Å². The van der Waals surface area contributed by atoms with Gasteiger partial charge in [-0.3, -0.25) is 4.79 Å². The van der Waals surface area contributed by atoms with Gasteiger partial charge in [0.1, 0.15) is 17.4 Å². The Balaban J connectivity index is 0. The number of hydrogen-bond donors (Lipinski definition) is 3. The first-order valence-corrected chi connectivity index (χ1v) is 14.8. The van der Waals surface area contributed by atoms with Gasteiger partial charge in [0.2, 0.25) is 5.91 Å². The predicted octanol–water partition coefficient (Wildman–Crippen LogP) is 7.43. The van der Waals surface area contributed by atoms with Crippen molar-refractivity contribution in [1.82, 2.24) is 30.4 Å². The summed E-state index contributed by atoms with van der Waals surface area (Å²) in [4.78, 5) is 37.2. The highest BCUT2D eigenvalue weighted by molar-refractivity contribution is 5.87. The van der Waals surface area contributed by atoms with E-state index in [1.165, 1.54) is 12.5 Å². The van der Waals surface area contributed by atoms with Crippen molar-refractivity contribution in [2.45, 2.75) is 65.6 Å². The lowest BCUT2D eigenvalue weighted by atomic mass is 10.1. The topological polar surface area (TPSA) is 93.4 Å². The zero-order chi connectivity index (χ0) is 32.2. The van der Waals surface area contributed by atoms with Crippen LogP contribution < -0.4 is 10.6 Å². The summed E-state index contributed by atoms with van der Waals surface area (Å²) in [5.41, 5.74) is 2.61. The zero-order valence-electron chi connectivity index (χ0n) is 26.3. The second-order valence-electron chi connectivity index (χ2n) is 9.61. The Morgan fingerprint density at radius 2 is 1.74 bits per heavy atom. The summed E-state index contributed by atoms with van der Waals surface area (Å²) in [6, 6.07) is 13.2. The number of halogens is 1. The average Bonchev–Trinajstić information content (AvgIpc) is 3.47. The highest BCUT2D eigenvalue weighted by atomic mass is 19.1. The molecule has 1 saturated heterocycles. The number of nitrogens with zero attached hydrogens (tertiary/aromatic N) is 3. The molecule has 43 heavy (non-hydrogen) atoms. The van der Waals surface area contributed by atoms with E-state index < -0.39 is 11.9 Å². The monoisotopic (exact) mass is 596 g/mol. The van der Waals surface area contributed by atoms with E-state index in [9.17, 15) is 14.0 Å². The number of benzene rings is 2. The van der Waals surface area contributed by atoms with Crippen LogP contribution in [0.4, 0.5) is 9.18 Å². The Labute approximate surface area is 259 Å². The smallest absolute Gasteiger partial charge is 0.318 e. The maximum absolute atomic E-state index is 14.0. The number of amides is 3. The van der Waals surface area contributed by atoms with Crippen LogP contribution in [0, 0.1) is 5.82 Å². The van der Waals surface area contributed by atoms with Crippen LogP contribution in [0.15, 0.2) is 86.6 Å². The van der Waals surface area contributed by atoms with Crippen molar-refractivity contribution in [1.29, 1.82) is 0 Å². The van der Waals surface area contributed by atoms with Gasteiger partial charge in [0.25, 0.3) is 0 Å². The van der Waals surface area contributed by atoms with Crippen LogP contribution >= 0.6 is 0 Å². The molecule has 1 atom stereocenters. The molecule has 1 aliphatic rings. The van der Waals surface area contributed by atoms with E-state index in [-0.39, 0.29) is 26.9 Å². The Kier molecular flexibility index (Phi) is 17.4. The summed E-state index contributed by atoms with van der Waals surface area (Å²) in [5.74, 6) is -0.342. The number of hydrogen-bond acceptors (Lipinski definition) is 4. The maximum atomic E-state index is 14.0. The van der Waals surface area contributed by atoms with Crippen LogP contribution in [0.1, 0.15) is 60.7 Å². The van der Waals surface area contributed by atoms with Crippen molar-refractivity contribution in [2.24, 2.45) is 0 Å². The molecule has 0 radical (unpaired) electrons. The molecule has 1 aromatic heterocycles. The number of piperidine rings is 1. The number of nitrogens with one attached hydrogen (secondary N) is 3. The molecule has 4 rings (SSSR count). The third-order valence-corrected chi connectivity index (χ3v) is 6.41. The number of para-hydroxylation sites is 1. The van der Waals surface area contributed by atoms with Gasteiger partial charge in [0.15, 0.2) is 5.82 Å². The molecule has 9 heteroatoms. The number of aromatic nitrogens is 2. The van der Waals surface area contributed by atoms with E-state index in [1.54, 1.807) is 30.2 Å². The third kappa shape index (κ3) is 12.2. The summed E-state index contributed by atoms with van der Waals surface area (Å²) < 4.78 is 14.0. The number of H-pyrrole nitrogens is 1. The van der Waals surface area contributed by atoms with Crippen molar-refractivity contribution in [3.63, 3.8) is 0 Å². The summed E-state index contributed by atoms with van der Waals surface area (Å²) in [6.07, 6.45) is 5.41. The molecule has 1 aliphatic heterocycles. The fourth-order valence-corrected chi connectivity index (χ4v) is 4.40. The molecule has 0 aliphatic carbocycles. The van der Waals surface area contributed by atoms with Crippen LogP contribution in [0.3, 0.4) is 0 Å². The lowest BCUT2D eigenvalue weighted by molar-refractivity contribution is -0.123. The van der Waals surface area contributed by atoms with Gasteiger partial charge in [0, 0.05) is 41.7 Å². The van der Waals surface area contributed by atoms with Gasteiger partial charge in [-0.05, 0) is 43.9 Å². The summed E-state index contributed by atoms with van der Waals surface area (Å²) in [7, 11) is 1.69. The van der Waals surface area contributed by atoms with Gasteiger partial charge in [-0.1, -0.05) is 62.9 Å². The summed E-state index contributed by atoms with van der Waals surface area (Å²) in [6.45, 7) is 21.7. The average molecular weight is 597 g/mol. The van der Waals surface area contributed by atoms with Gasteiger partial charge < -0.3 is 25.4 Å². The predicted molar refractivity (Wildman–Crippen MR) is 180 cm³/mol. The number of fused-ring (bicyclic) bond motifs is 1. The molecule has 3 N–H and O–H groups in total. The van der Waals surface area contributed by atoms with Crippen LogP contribution in [-0.2, 0) is 17.9 Å². The minimum atomic E-state index is -0.814. The van der Waals surface area contributed by atoms with Crippen molar-refractivity contribution in [3.8, 4) is 0 Å². The molecule has 0 bridgehead atoms.